The van der Waals surface area contributed by atoms with E-state index in [-0.39, 0.29) is 18.1 Å². The minimum Gasteiger partial charge on any atom is -0.504 e. The van der Waals surface area contributed by atoms with E-state index in [1.165, 1.54) is 38.9 Å². The maximum Gasteiger partial charge on any atom is 0.310 e. The van der Waals surface area contributed by atoms with Gasteiger partial charge in [0.1, 0.15) is 0 Å². The fourth-order valence-corrected chi connectivity index (χ4v) is 2.12. The molecule has 0 atom stereocenters. The van der Waals surface area contributed by atoms with Crippen LogP contribution < -0.4 is 4.74 Å². The zero-order chi connectivity index (χ0) is 15.5. The predicted molar refractivity (Wildman–Crippen MR) is 82.7 cm³/mol. The van der Waals surface area contributed by atoms with Crippen molar-refractivity contribution in [3.05, 3.63) is 23.8 Å². The third kappa shape index (κ3) is 7.02. The van der Waals surface area contributed by atoms with Crippen LogP contribution in [0.25, 0.3) is 0 Å². The van der Waals surface area contributed by atoms with Crippen molar-refractivity contribution >= 4 is 5.97 Å². The molecule has 0 aliphatic carbocycles. The Bertz CT molecular complexity index is 429. The maximum absolute atomic E-state index is 11.7. The average molecular weight is 294 g/mol. The van der Waals surface area contributed by atoms with E-state index in [1.807, 2.05) is 0 Å². The number of methoxy groups -OCH3 is 1. The molecule has 0 fully saturated rings. The number of ether oxygens (including phenoxy) is 2. The monoisotopic (exact) mass is 294 g/mol. The third-order valence-corrected chi connectivity index (χ3v) is 3.35. The maximum atomic E-state index is 11.7. The van der Waals surface area contributed by atoms with Crippen molar-refractivity contribution in [3.63, 3.8) is 0 Å². The minimum atomic E-state index is -0.240. The lowest BCUT2D eigenvalue weighted by Crippen LogP contribution is -2.09. The molecule has 0 saturated carbocycles. The van der Waals surface area contributed by atoms with Gasteiger partial charge in [0, 0.05) is 0 Å². The van der Waals surface area contributed by atoms with Gasteiger partial charge in [-0.15, -0.1) is 0 Å². The molecule has 0 radical (unpaired) electrons. The number of hydrogen-bond acceptors (Lipinski definition) is 4. The highest BCUT2D eigenvalue weighted by molar-refractivity contribution is 5.72. The van der Waals surface area contributed by atoms with Gasteiger partial charge in [0.25, 0.3) is 0 Å². The Labute approximate surface area is 127 Å². The Hall–Kier alpha value is -1.71. The second kappa shape index (κ2) is 10.1. The molecule has 1 aromatic rings. The molecule has 4 nitrogen and oxygen atoms in total. The fourth-order valence-electron chi connectivity index (χ4n) is 2.12. The molecule has 4 heteroatoms. The Kier molecular flexibility index (Phi) is 8.32. The summed E-state index contributed by atoms with van der Waals surface area (Å²) < 4.78 is 10.2. The van der Waals surface area contributed by atoms with Gasteiger partial charge in [-0.1, -0.05) is 45.1 Å². The van der Waals surface area contributed by atoms with Gasteiger partial charge in [-0.3, -0.25) is 4.79 Å². The molecule has 21 heavy (non-hydrogen) atoms. The van der Waals surface area contributed by atoms with Gasteiger partial charge in [-0.2, -0.15) is 0 Å². The topological polar surface area (TPSA) is 55.8 Å². The van der Waals surface area contributed by atoms with Gasteiger partial charge in [0.15, 0.2) is 11.5 Å². The lowest BCUT2D eigenvalue weighted by atomic mass is 10.1. The summed E-state index contributed by atoms with van der Waals surface area (Å²) in [6.45, 7) is 2.68. The Balaban J connectivity index is 2.21. The van der Waals surface area contributed by atoms with Crippen molar-refractivity contribution in [2.75, 3.05) is 13.7 Å². The highest BCUT2D eigenvalue weighted by atomic mass is 16.5. The average Bonchev–Trinajstić information content (AvgIpc) is 2.48. The highest BCUT2D eigenvalue weighted by Crippen LogP contribution is 2.26. The molecule has 0 amide bonds. The first kappa shape index (κ1) is 17.3. The lowest BCUT2D eigenvalue weighted by Gasteiger charge is -2.07. The van der Waals surface area contributed by atoms with Crippen LogP contribution in [-0.2, 0) is 16.0 Å². The summed E-state index contributed by atoms with van der Waals surface area (Å²) in [4.78, 5) is 11.7. The molecule has 0 saturated heterocycles. The van der Waals surface area contributed by atoms with E-state index in [1.54, 1.807) is 12.1 Å². The molecule has 1 rings (SSSR count). The van der Waals surface area contributed by atoms with E-state index >= 15 is 0 Å². The Morgan fingerprint density at radius 2 is 1.86 bits per heavy atom. The van der Waals surface area contributed by atoms with Crippen LogP contribution in [0.15, 0.2) is 18.2 Å². The third-order valence-electron chi connectivity index (χ3n) is 3.35. The first-order valence-electron chi connectivity index (χ1n) is 7.69. The quantitative estimate of drug-likeness (QED) is 0.526. The summed E-state index contributed by atoms with van der Waals surface area (Å²) >= 11 is 0. The van der Waals surface area contributed by atoms with Gasteiger partial charge in [0.05, 0.1) is 20.1 Å². The number of aromatic hydroxyl groups is 1. The van der Waals surface area contributed by atoms with Gasteiger partial charge in [0.2, 0.25) is 0 Å². The van der Waals surface area contributed by atoms with E-state index < -0.39 is 0 Å². The predicted octanol–water partition coefficient (Wildman–Crippen LogP) is 3.85. The van der Waals surface area contributed by atoms with E-state index in [0.29, 0.717) is 12.4 Å². The zero-order valence-corrected chi connectivity index (χ0v) is 13.1. The minimum absolute atomic E-state index is 0.0710. The molecule has 0 heterocycles. The standard InChI is InChI=1S/C17H26O4/c1-3-4-5-6-7-8-11-21-17(19)13-14-9-10-15(18)16(12-14)20-2/h9-10,12,18H,3-8,11,13H2,1-2H3. The van der Waals surface area contributed by atoms with Crippen LogP contribution in [0.4, 0.5) is 0 Å². The van der Waals surface area contributed by atoms with Crippen molar-refractivity contribution in [1.29, 1.82) is 0 Å². The molecule has 0 unspecified atom stereocenters. The van der Waals surface area contributed by atoms with Gasteiger partial charge in [-0.05, 0) is 24.1 Å². The molecule has 1 aromatic carbocycles. The number of esters is 1. The van der Waals surface area contributed by atoms with E-state index in [9.17, 15) is 9.90 Å². The second-order valence-electron chi connectivity index (χ2n) is 5.17. The summed E-state index contributed by atoms with van der Waals surface area (Å²) in [5.74, 6) is 0.203. The van der Waals surface area contributed by atoms with Crippen LogP contribution in [0.3, 0.4) is 0 Å². The molecular weight excluding hydrogens is 268 g/mol. The number of rotatable bonds is 10. The number of hydrogen-bond donors (Lipinski definition) is 1. The Morgan fingerprint density at radius 1 is 1.14 bits per heavy atom. The number of phenolic OH excluding ortho intramolecular Hbond substituents is 1. The number of phenols is 1. The number of benzene rings is 1. The van der Waals surface area contributed by atoms with Crippen molar-refractivity contribution in [3.8, 4) is 11.5 Å². The summed E-state index contributed by atoms with van der Waals surface area (Å²) in [6.07, 6.45) is 7.23. The summed E-state index contributed by atoms with van der Waals surface area (Å²) in [5, 5.41) is 9.49. The molecule has 118 valence electrons. The fraction of sp³-hybridized carbons (Fsp3) is 0.588. The van der Waals surface area contributed by atoms with Gasteiger partial charge < -0.3 is 14.6 Å². The van der Waals surface area contributed by atoms with Crippen molar-refractivity contribution in [2.24, 2.45) is 0 Å². The number of carbonyl (C=O) groups is 1. The highest BCUT2D eigenvalue weighted by Gasteiger charge is 2.08. The van der Waals surface area contributed by atoms with Crippen LogP contribution in [-0.4, -0.2) is 24.8 Å². The number of unbranched alkanes of at least 4 members (excludes halogenated alkanes) is 5. The van der Waals surface area contributed by atoms with Crippen LogP contribution in [0.5, 0.6) is 11.5 Å². The van der Waals surface area contributed by atoms with Crippen molar-refractivity contribution in [2.45, 2.75) is 51.9 Å². The summed E-state index contributed by atoms with van der Waals surface area (Å²) in [6, 6.07) is 4.88. The largest absolute Gasteiger partial charge is 0.504 e. The van der Waals surface area contributed by atoms with Gasteiger partial charge >= 0.3 is 5.97 Å². The molecular formula is C17H26O4. The van der Waals surface area contributed by atoms with E-state index in [4.69, 9.17) is 9.47 Å². The van der Waals surface area contributed by atoms with Crippen LogP contribution >= 0.6 is 0 Å². The smallest absolute Gasteiger partial charge is 0.310 e. The van der Waals surface area contributed by atoms with Crippen LogP contribution in [0.2, 0.25) is 0 Å². The first-order chi connectivity index (χ1) is 10.2. The molecule has 0 bridgehead atoms. The van der Waals surface area contributed by atoms with Crippen LogP contribution in [0, 0.1) is 0 Å². The normalized spacial score (nSPS) is 10.4. The van der Waals surface area contributed by atoms with Crippen LogP contribution in [0.1, 0.15) is 51.0 Å². The molecule has 1 N–H and O–H groups in total. The SMILES string of the molecule is CCCCCCCCOC(=O)Cc1ccc(O)c(OC)c1. The van der Waals surface area contributed by atoms with E-state index in [0.717, 1.165) is 18.4 Å². The van der Waals surface area contributed by atoms with Gasteiger partial charge in [-0.25, -0.2) is 0 Å². The molecule has 0 aliphatic heterocycles. The molecule has 0 aliphatic rings. The first-order valence-corrected chi connectivity index (χ1v) is 7.69. The summed E-state index contributed by atoms with van der Waals surface area (Å²) in [5.41, 5.74) is 0.776. The van der Waals surface area contributed by atoms with E-state index in [2.05, 4.69) is 6.92 Å². The Morgan fingerprint density at radius 3 is 2.57 bits per heavy atom. The molecule has 0 spiro atoms. The molecule has 0 aromatic heterocycles. The van der Waals surface area contributed by atoms with Crippen molar-refractivity contribution < 1.29 is 19.4 Å². The number of carbonyl (C=O) groups excluding carboxylic acids is 1. The second-order valence-corrected chi connectivity index (χ2v) is 5.17. The summed E-state index contributed by atoms with van der Waals surface area (Å²) in [7, 11) is 1.48. The lowest BCUT2D eigenvalue weighted by molar-refractivity contribution is -0.142. The van der Waals surface area contributed by atoms with Crippen molar-refractivity contribution in [1.82, 2.24) is 0 Å². The zero-order valence-electron chi connectivity index (χ0n) is 13.1.